The number of aliphatic hydroxyl groups is 2. The Bertz CT molecular complexity index is 1380. The number of aliphatic hydroxyl groups excluding tert-OH is 2. The monoisotopic (exact) mass is 506 g/mol. The van der Waals surface area contributed by atoms with E-state index in [1.54, 1.807) is 19.2 Å². The molecule has 3 heterocycles. The zero-order valence-electron chi connectivity index (χ0n) is 19.9. The molecule has 3 amide bonds. The van der Waals surface area contributed by atoms with Crippen molar-refractivity contribution < 1.29 is 24.5 Å². The van der Waals surface area contributed by atoms with Crippen molar-refractivity contribution in [1.82, 2.24) is 29.7 Å². The summed E-state index contributed by atoms with van der Waals surface area (Å²) in [6.07, 6.45) is -2.12. The van der Waals surface area contributed by atoms with Gasteiger partial charge < -0.3 is 36.2 Å². The van der Waals surface area contributed by atoms with Crippen LogP contribution in [0.2, 0.25) is 0 Å². The lowest BCUT2D eigenvalue weighted by Crippen LogP contribution is -2.43. The summed E-state index contributed by atoms with van der Waals surface area (Å²) in [6, 6.07) is 8.78. The number of rotatable bonds is 5. The molecule has 1 aliphatic heterocycles. The first-order chi connectivity index (χ1) is 17.8. The molecule has 4 unspecified atom stereocenters. The quantitative estimate of drug-likeness (QED) is 0.293. The number of hydrogen-bond donors (Lipinski definition) is 5. The average molecular weight is 507 g/mol. The molecular weight excluding hydrogens is 480 g/mol. The van der Waals surface area contributed by atoms with Gasteiger partial charge in [-0.15, -0.1) is 0 Å². The average Bonchev–Trinajstić information content (AvgIpc) is 3.52. The second-order valence-electron chi connectivity index (χ2n) is 8.92. The zero-order valence-corrected chi connectivity index (χ0v) is 19.9. The van der Waals surface area contributed by atoms with Gasteiger partial charge in [0.25, 0.3) is 5.91 Å². The van der Waals surface area contributed by atoms with Gasteiger partial charge in [0.15, 0.2) is 23.8 Å². The molecule has 1 saturated heterocycles. The van der Waals surface area contributed by atoms with Gasteiger partial charge in [0.2, 0.25) is 5.82 Å². The van der Waals surface area contributed by atoms with Crippen molar-refractivity contribution in [1.29, 1.82) is 0 Å². The molecule has 13 nitrogen and oxygen atoms in total. The number of imidazole rings is 1. The predicted molar refractivity (Wildman–Crippen MR) is 132 cm³/mol. The van der Waals surface area contributed by atoms with Crippen LogP contribution in [-0.4, -0.2) is 84.5 Å². The number of para-hydroxylation sites is 1. The van der Waals surface area contributed by atoms with Crippen LogP contribution < -0.4 is 16.4 Å². The summed E-state index contributed by atoms with van der Waals surface area (Å²) < 4.78 is 7.10. The number of hydrogen-bond acceptors (Lipinski definition) is 9. The van der Waals surface area contributed by atoms with Crippen molar-refractivity contribution in [3.8, 4) is 11.8 Å². The molecule has 1 aromatic carbocycles. The van der Waals surface area contributed by atoms with Crippen molar-refractivity contribution >= 4 is 34.6 Å². The second-order valence-corrected chi connectivity index (χ2v) is 8.92. The van der Waals surface area contributed by atoms with Crippen LogP contribution in [-0.2, 0) is 9.53 Å². The smallest absolute Gasteiger partial charge is 0.322 e. The van der Waals surface area contributed by atoms with Crippen LogP contribution in [0.15, 0.2) is 36.7 Å². The number of urea groups is 1. The number of carbonyl (C=O) groups is 2. The molecule has 4 atom stereocenters. The Morgan fingerprint density at radius 1 is 1.22 bits per heavy atom. The molecule has 2 aliphatic rings. The van der Waals surface area contributed by atoms with E-state index in [1.807, 2.05) is 18.2 Å². The summed E-state index contributed by atoms with van der Waals surface area (Å²) in [5, 5.41) is 26.6. The van der Waals surface area contributed by atoms with E-state index < -0.39 is 30.4 Å². The summed E-state index contributed by atoms with van der Waals surface area (Å²) in [7, 11) is 1.60. The third-order valence-corrected chi connectivity index (χ3v) is 6.03. The number of fused-ring (bicyclic) bond motifs is 1. The topological polar surface area (TPSA) is 181 Å². The molecule has 1 saturated carbocycles. The number of nitrogens with one attached hydrogen (secondary N) is 2. The maximum absolute atomic E-state index is 12.4. The van der Waals surface area contributed by atoms with Gasteiger partial charge in [-0.05, 0) is 30.9 Å². The summed E-state index contributed by atoms with van der Waals surface area (Å²) in [4.78, 5) is 38.9. The third-order valence-electron chi connectivity index (χ3n) is 6.03. The highest BCUT2D eigenvalue weighted by molar-refractivity contribution is 5.89. The largest absolute Gasteiger partial charge is 0.387 e. The molecule has 5 rings (SSSR count). The lowest BCUT2D eigenvalue weighted by atomic mass is 10.1. The van der Waals surface area contributed by atoms with E-state index in [4.69, 9.17) is 10.5 Å². The van der Waals surface area contributed by atoms with Gasteiger partial charge in [0.05, 0.1) is 12.9 Å². The van der Waals surface area contributed by atoms with Crippen molar-refractivity contribution in [3.05, 3.63) is 42.5 Å². The normalized spacial score (nSPS) is 22.8. The van der Waals surface area contributed by atoms with Crippen LogP contribution in [0.25, 0.3) is 11.2 Å². The van der Waals surface area contributed by atoms with E-state index in [0.717, 1.165) is 12.8 Å². The fourth-order valence-electron chi connectivity index (χ4n) is 3.85. The molecule has 2 aromatic heterocycles. The van der Waals surface area contributed by atoms with Gasteiger partial charge in [-0.3, -0.25) is 9.36 Å². The van der Waals surface area contributed by atoms with Crippen LogP contribution in [0.1, 0.15) is 24.9 Å². The van der Waals surface area contributed by atoms with Crippen LogP contribution >= 0.6 is 0 Å². The number of carbonyl (C=O) groups excluding carboxylic acids is 2. The fraction of sp³-hybridized carbons (Fsp3) is 0.375. The van der Waals surface area contributed by atoms with Crippen LogP contribution in [0.5, 0.6) is 0 Å². The van der Waals surface area contributed by atoms with E-state index in [-0.39, 0.29) is 41.4 Å². The van der Waals surface area contributed by atoms with Gasteiger partial charge >= 0.3 is 6.03 Å². The number of benzene rings is 1. The minimum Gasteiger partial charge on any atom is -0.387 e. The van der Waals surface area contributed by atoms with E-state index in [9.17, 15) is 19.8 Å². The molecule has 6 N–H and O–H groups in total. The number of nitrogen functional groups attached to an aromatic ring is 1. The van der Waals surface area contributed by atoms with Gasteiger partial charge in [0.1, 0.15) is 17.7 Å². The van der Waals surface area contributed by atoms with E-state index in [1.165, 1.54) is 15.8 Å². The summed E-state index contributed by atoms with van der Waals surface area (Å²) in [6.45, 7) is 0.0909. The van der Waals surface area contributed by atoms with Gasteiger partial charge in [0, 0.05) is 18.8 Å². The number of aromatic nitrogens is 4. The minimum absolute atomic E-state index is 0.0549. The first-order valence-electron chi connectivity index (χ1n) is 11.7. The molecular formula is C24H26N8O5. The maximum Gasteiger partial charge on any atom is 0.322 e. The SMILES string of the molecule is CN(CC#Cc1nc(N)c2ncn(C3OC(C(=O)NC4CC4)C(O)C3O)c2n1)C(=O)Nc1ccccc1. The highest BCUT2D eigenvalue weighted by Crippen LogP contribution is 2.33. The summed E-state index contributed by atoms with van der Waals surface area (Å²) >= 11 is 0. The number of nitrogens with zero attached hydrogens (tertiary/aromatic N) is 5. The standard InChI is InChI=1S/C24H26N8O5/c1-31(24(36)28-13-6-3-2-4-7-13)11-5-8-15-29-20(25)16-21(30-15)32(12-26-16)23-18(34)17(33)19(37-23)22(35)27-14-9-10-14/h2-4,6-7,12,14,17-19,23,33-34H,9-11H2,1H3,(H,27,35)(H,28,36)(H2,25,29,30). The Kier molecular flexibility index (Phi) is 6.62. The Balaban J connectivity index is 1.31. The third kappa shape index (κ3) is 5.17. The molecule has 37 heavy (non-hydrogen) atoms. The Hall–Kier alpha value is -4.25. The van der Waals surface area contributed by atoms with Crippen molar-refractivity contribution in [2.45, 2.75) is 43.4 Å². The number of ether oxygens (including phenoxy) is 1. The molecule has 0 radical (unpaired) electrons. The highest BCUT2D eigenvalue weighted by atomic mass is 16.6. The molecule has 192 valence electrons. The van der Waals surface area contributed by atoms with E-state index >= 15 is 0 Å². The van der Waals surface area contributed by atoms with Crippen molar-refractivity contribution in [3.63, 3.8) is 0 Å². The van der Waals surface area contributed by atoms with Gasteiger partial charge in [-0.2, -0.15) is 0 Å². The molecule has 0 spiro atoms. The predicted octanol–water partition coefficient (Wildman–Crippen LogP) is -0.178. The van der Waals surface area contributed by atoms with Crippen molar-refractivity contribution in [2.75, 3.05) is 24.6 Å². The molecule has 13 heteroatoms. The lowest BCUT2D eigenvalue weighted by molar-refractivity contribution is -0.137. The van der Waals surface area contributed by atoms with Crippen LogP contribution in [0, 0.1) is 11.8 Å². The fourth-order valence-corrected chi connectivity index (χ4v) is 3.85. The Labute approximate surface area is 211 Å². The van der Waals surface area contributed by atoms with E-state index in [0.29, 0.717) is 5.69 Å². The van der Waals surface area contributed by atoms with Crippen molar-refractivity contribution in [2.24, 2.45) is 0 Å². The number of nitrogens with two attached hydrogens (primary N) is 1. The number of amides is 3. The van der Waals surface area contributed by atoms with E-state index in [2.05, 4.69) is 37.4 Å². The summed E-state index contributed by atoms with van der Waals surface area (Å²) in [5.74, 6) is 5.25. The van der Waals surface area contributed by atoms with Gasteiger partial charge in [-0.1, -0.05) is 24.1 Å². The first-order valence-corrected chi connectivity index (χ1v) is 11.7. The molecule has 3 aromatic rings. The highest BCUT2D eigenvalue weighted by Gasteiger charge is 2.48. The lowest BCUT2D eigenvalue weighted by Gasteiger charge is -2.16. The number of anilines is 2. The van der Waals surface area contributed by atoms with Crippen LogP contribution in [0.4, 0.5) is 16.3 Å². The molecule has 0 bridgehead atoms. The zero-order chi connectivity index (χ0) is 26.1. The first kappa shape index (κ1) is 24.4. The van der Waals surface area contributed by atoms with Crippen LogP contribution in [0.3, 0.4) is 0 Å². The summed E-state index contributed by atoms with van der Waals surface area (Å²) in [5.41, 5.74) is 7.18. The maximum atomic E-state index is 12.4. The minimum atomic E-state index is -1.43. The Morgan fingerprint density at radius 3 is 2.70 bits per heavy atom. The molecule has 1 aliphatic carbocycles. The Morgan fingerprint density at radius 2 is 1.97 bits per heavy atom. The second kappa shape index (κ2) is 10.0. The van der Waals surface area contributed by atoms with Gasteiger partial charge in [-0.25, -0.2) is 19.7 Å². The molecule has 2 fully saturated rings.